The third-order valence-electron chi connectivity index (χ3n) is 3.51. The van der Waals surface area contributed by atoms with Gasteiger partial charge in [-0.1, -0.05) is 0 Å². The van der Waals surface area contributed by atoms with Gasteiger partial charge in [0.1, 0.15) is 18.4 Å². The van der Waals surface area contributed by atoms with Crippen molar-refractivity contribution in [2.75, 3.05) is 20.7 Å². The van der Waals surface area contributed by atoms with E-state index in [9.17, 15) is 14.1 Å². The van der Waals surface area contributed by atoms with Crippen LogP contribution in [0.5, 0.6) is 0 Å². The number of carbonyl (C=O) groups is 1. The van der Waals surface area contributed by atoms with Crippen molar-refractivity contribution in [3.05, 3.63) is 12.3 Å². The van der Waals surface area contributed by atoms with E-state index in [2.05, 4.69) is 10.3 Å². The number of hydrogen-bond donors (Lipinski definition) is 2. The Morgan fingerprint density at radius 3 is 2.87 bits per heavy atom. The summed E-state index contributed by atoms with van der Waals surface area (Å²) in [6, 6.07) is -0.433. The number of nitrogens with one attached hydrogen (secondary N) is 1. The monoisotopic (exact) mass is 346 g/mol. The van der Waals surface area contributed by atoms with E-state index < -0.39 is 48.1 Å². The minimum Gasteiger partial charge on any atom is -0.394 e. The van der Waals surface area contributed by atoms with Crippen LogP contribution in [0.15, 0.2) is 17.3 Å². The van der Waals surface area contributed by atoms with Gasteiger partial charge in [-0.3, -0.25) is 13.3 Å². The fourth-order valence-electron chi connectivity index (χ4n) is 2.49. The minimum atomic E-state index is -1.91. The summed E-state index contributed by atoms with van der Waals surface area (Å²) in [5, 5.41) is 12.0. The van der Waals surface area contributed by atoms with Gasteiger partial charge < -0.3 is 20.1 Å². The average molecular weight is 346 g/mol. The van der Waals surface area contributed by atoms with E-state index in [0.717, 1.165) is 0 Å². The maximum atomic E-state index is 12.3. The molecule has 0 spiro atoms. The second-order valence-electron chi connectivity index (χ2n) is 5.44. The Labute approximate surface area is 135 Å². The molecule has 3 unspecified atom stereocenters. The SMILES string of the molecule is CN(C)/C=N\C1C=CN([C@@H]2O[C@H](CO)C3OS(=O)O[C@@H]32)C(=O)N1. The van der Waals surface area contributed by atoms with Crippen molar-refractivity contribution in [3.63, 3.8) is 0 Å². The highest BCUT2D eigenvalue weighted by Gasteiger charge is 2.55. The van der Waals surface area contributed by atoms with E-state index in [0.29, 0.717) is 0 Å². The highest BCUT2D eigenvalue weighted by Crippen LogP contribution is 2.35. The van der Waals surface area contributed by atoms with Crippen LogP contribution >= 0.6 is 0 Å². The molecule has 0 radical (unpaired) electrons. The predicted octanol–water partition coefficient (Wildman–Crippen LogP) is -1.48. The van der Waals surface area contributed by atoms with Gasteiger partial charge in [-0.05, 0) is 6.08 Å². The fourth-order valence-corrected chi connectivity index (χ4v) is 3.33. The molecule has 0 bridgehead atoms. The van der Waals surface area contributed by atoms with Gasteiger partial charge in [0, 0.05) is 20.3 Å². The van der Waals surface area contributed by atoms with E-state index in [1.165, 1.54) is 11.1 Å². The Balaban J connectivity index is 1.73. The third-order valence-corrected chi connectivity index (χ3v) is 4.27. The van der Waals surface area contributed by atoms with Crippen molar-refractivity contribution in [2.45, 2.75) is 30.7 Å². The Hall–Kier alpha value is -1.53. The zero-order valence-electron chi connectivity index (χ0n) is 12.6. The lowest BCUT2D eigenvalue weighted by molar-refractivity contribution is -0.0664. The molecule has 2 amide bonds. The maximum Gasteiger partial charge on any atom is 0.325 e. The van der Waals surface area contributed by atoms with Gasteiger partial charge in [0.05, 0.1) is 12.9 Å². The Kier molecular flexibility index (Phi) is 4.64. The van der Waals surface area contributed by atoms with E-state index in [-0.39, 0.29) is 6.61 Å². The molecular formula is C12H18N4O6S. The quantitative estimate of drug-likeness (QED) is 0.471. The molecule has 0 aliphatic carbocycles. The average Bonchev–Trinajstić information content (AvgIpc) is 3.02. The summed E-state index contributed by atoms with van der Waals surface area (Å²) in [5.74, 6) is 0. The van der Waals surface area contributed by atoms with Gasteiger partial charge in [-0.15, -0.1) is 0 Å². The first kappa shape index (κ1) is 16.3. The van der Waals surface area contributed by atoms with Crippen LogP contribution in [0.1, 0.15) is 0 Å². The first-order valence-electron chi connectivity index (χ1n) is 6.99. The molecule has 23 heavy (non-hydrogen) atoms. The molecule has 128 valence electrons. The molecule has 2 saturated heterocycles. The molecule has 2 fully saturated rings. The number of aliphatic hydroxyl groups is 1. The Morgan fingerprint density at radius 2 is 2.22 bits per heavy atom. The number of ether oxygens (including phenoxy) is 1. The number of aliphatic imine (C=N–C) groups is 1. The summed E-state index contributed by atoms with van der Waals surface area (Å²) in [6.07, 6.45) is 1.36. The van der Waals surface area contributed by atoms with Gasteiger partial charge in [-0.25, -0.2) is 9.79 Å². The summed E-state index contributed by atoms with van der Waals surface area (Å²) in [4.78, 5) is 19.5. The largest absolute Gasteiger partial charge is 0.394 e. The molecule has 0 aromatic heterocycles. The summed E-state index contributed by atoms with van der Waals surface area (Å²) >= 11 is -1.91. The van der Waals surface area contributed by atoms with Crippen molar-refractivity contribution in [2.24, 2.45) is 4.99 Å². The van der Waals surface area contributed by atoms with Gasteiger partial charge in [0.25, 0.3) is 0 Å². The highest BCUT2D eigenvalue weighted by atomic mass is 32.2. The smallest absolute Gasteiger partial charge is 0.325 e. The normalized spacial score (nSPS) is 39.8. The van der Waals surface area contributed by atoms with Crippen LogP contribution in [0.2, 0.25) is 0 Å². The van der Waals surface area contributed by atoms with Crippen molar-refractivity contribution < 1.29 is 27.2 Å². The minimum absolute atomic E-state index is 0.326. The molecule has 3 heterocycles. The predicted molar refractivity (Wildman–Crippen MR) is 79.1 cm³/mol. The first-order valence-corrected chi connectivity index (χ1v) is 7.99. The number of fused-ring (bicyclic) bond motifs is 1. The molecule has 3 rings (SSSR count). The topological polar surface area (TPSA) is 113 Å². The van der Waals surface area contributed by atoms with E-state index in [4.69, 9.17) is 13.1 Å². The molecule has 10 nitrogen and oxygen atoms in total. The summed E-state index contributed by atoms with van der Waals surface area (Å²) in [5.41, 5.74) is 0. The number of aliphatic hydroxyl groups excluding tert-OH is 1. The lowest BCUT2D eigenvalue weighted by Gasteiger charge is -2.31. The number of hydrogen-bond acceptors (Lipinski definition) is 7. The summed E-state index contributed by atoms with van der Waals surface area (Å²) < 4.78 is 27.2. The van der Waals surface area contributed by atoms with Crippen LogP contribution in [0, 0.1) is 0 Å². The van der Waals surface area contributed by atoms with Crippen molar-refractivity contribution in [3.8, 4) is 0 Å². The number of carbonyl (C=O) groups excluding carboxylic acids is 1. The number of amides is 2. The first-order chi connectivity index (χ1) is 11.0. The molecule has 3 aliphatic rings. The second-order valence-corrected chi connectivity index (χ2v) is 6.24. The molecule has 0 saturated carbocycles. The lowest BCUT2D eigenvalue weighted by atomic mass is 10.1. The van der Waals surface area contributed by atoms with Crippen molar-refractivity contribution in [1.29, 1.82) is 0 Å². The molecule has 3 aliphatic heterocycles. The van der Waals surface area contributed by atoms with Crippen molar-refractivity contribution in [1.82, 2.24) is 15.1 Å². The van der Waals surface area contributed by atoms with Crippen LogP contribution < -0.4 is 5.32 Å². The molecular weight excluding hydrogens is 328 g/mol. The Bertz CT molecular complexity index is 556. The van der Waals surface area contributed by atoms with Gasteiger partial charge >= 0.3 is 17.4 Å². The number of rotatable bonds is 4. The van der Waals surface area contributed by atoms with Crippen LogP contribution in [-0.2, 0) is 24.5 Å². The number of urea groups is 1. The van der Waals surface area contributed by atoms with Crippen LogP contribution in [0.4, 0.5) is 4.79 Å². The summed E-state index contributed by atoms with van der Waals surface area (Å²) in [7, 11) is 3.65. The maximum absolute atomic E-state index is 12.3. The highest BCUT2D eigenvalue weighted by molar-refractivity contribution is 7.75. The van der Waals surface area contributed by atoms with Crippen LogP contribution in [0.3, 0.4) is 0 Å². The molecule has 11 heteroatoms. The fraction of sp³-hybridized carbons (Fsp3) is 0.667. The Morgan fingerprint density at radius 1 is 1.48 bits per heavy atom. The van der Waals surface area contributed by atoms with Crippen molar-refractivity contribution >= 4 is 23.7 Å². The van der Waals surface area contributed by atoms with Crippen LogP contribution in [0.25, 0.3) is 0 Å². The van der Waals surface area contributed by atoms with Crippen LogP contribution in [-0.4, -0.2) is 82.9 Å². The molecule has 0 aromatic carbocycles. The van der Waals surface area contributed by atoms with E-state index >= 15 is 0 Å². The standard InChI is InChI=1S/C12H18N4O6S/c1-15(2)6-13-8-3-4-16(12(18)14-8)11-10-9(7(5-17)20-11)21-23(19)22-10/h3-4,6-11,17H,5H2,1-2H3,(H,14,18)/b13-6-/t7-,8?,9?,10+,11-,23?/m1/s1. The zero-order valence-corrected chi connectivity index (χ0v) is 13.4. The van der Waals surface area contributed by atoms with Gasteiger partial charge in [0.15, 0.2) is 12.3 Å². The molecule has 0 aromatic rings. The van der Waals surface area contributed by atoms with Gasteiger partial charge in [-0.2, -0.15) is 4.21 Å². The lowest BCUT2D eigenvalue weighted by Crippen LogP contribution is -2.52. The van der Waals surface area contributed by atoms with Gasteiger partial charge in [0.2, 0.25) is 0 Å². The molecule has 2 N–H and O–H groups in total. The van der Waals surface area contributed by atoms with E-state index in [1.54, 1.807) is 17.3 Å². The molecule has 6 atom stereocenters. The van der Waals surface area contributed by atoms with E-state index in [1.807, 2.05) is 14.1 Å². The summed E-state index contributed by atoms with van der Waals surface area (Å²) in [6.45, 7) is -0.326. The second kappa shape index (κ2) is 6.53. The third kappa shape index (κ3) is 3.23. The zero-order chi connectivity index (χ0) is 16.6. The number of nitrogens with zero attached hydrogens (tertiary/aromatic N) is 3.